The summed E-state index contributed by atoms with van der Waals surface area (Å²) in [5.74, 6) is 1.79. The molecule has 0 saturated carbocycles. The fourth-order valence-electron chi connectivity index (χ4n) is 1.62. The fraction of sp³-hybridized carbons (Fsp3) is 0.500. The quantitative estimate of drug-likeness (QED) is 0.614. The maximum absolute atomic E-state index is 11.4. The molecule has 20 heavy (non-hydrogen) atoms. The lowest BCUT2D eigenvalue weighted by atomic mass is 10.2. The highest BCUT2D eigenvalue weighted by atomic mass is 32.2. The summed E-state index contributed by atoms with van der Waals surface area (Å²) in [6.45, 7) is 3.97. The van der Waals surface area contributed by atoms with E-state index in [2.05, 4.69) is 5.32 Å². The van der Waals surface area contributed by atoms with Crippen molar-refractivity contribution >= 4 is 33.0 Å². The Kier molecular flexibility index (Phi) is 5.82. The van der Waals surface area contributed by atoms with Crippen molar-refractivity contribution in [2.45, 2.75) is 24.8 Å². The van der Waals surface area contributed by atoms with E-state index in [-0.39, 0.29) is 16.6 Å². The molecule has 8 heteroatoms. The number of thioether (sulfide) groups is 1. The predicted molar refractivity (Wildman–Crippen MR) is 82.3 cm³/mol. The minimum Gasteiger partial charge on any atom is -0.376 e. The number of rotatable bonds is 7. The van der Waals surface area contributed by atoms with E-state index in [1.54, 1.807) is 11.8 Å². The van der Waals surface area contributed by atoms with Crippen LogP contribution < -0.4 is 5.32 Å². The highest BCUT2D eigenvalue weighted by Crippen LogP contribution is 2.28. The first-order chi connectivity index (χ1) is 9.25. The standard InChI is InChI=1S/C12H18N2O4S2/c1-4-19-8-9(2)13-11-6-5-10(20(3,17)18)7-12(11)14(15)16/h5-7,9,13H,4,8H2,1-3H3. The monoisotopic (exact) mass is 318 g/mol. The van der Waals surface area contributed by atoms with Gasteiger partial charge >= 0.3 is 0 Å². The van der Waals surface area contributed by atoms with Gasteiger partial charge in [-0.2, -0.15) is 11.8 Å². The van der Waals surface area contributed by atoms with Gasteiger partial charge in [0.05, 0.1) is 9.82 Å². The van der Waals surface area contributed by atoms with Crippen LogP contribution in [0.1, 0.15) is 13.8 Å². The maximum Gasteiger partial charge on any atom is 0.293 e. The summed E-state index contributed by atoms with van der Waals surface area (Å²) in [6, 6.07) is 3.98. The van der Waals surface area contributed by atoms with Crippen LogP contribution in [0.4, 0.5) is 11.4 Å². The molecule has 0 heterocycles. The minimum atomic E-state index is -3.45. The Hall–Kier alpha value is -1.28. The Morgan fingerprint density at radius 1 is 1.45 bits per heavy atom. The fourth-order valence-corrected chi connectivity index (χ4v) is 2.93. The molecular weight excluding hydrogens is 300 g/mol. The second kappa shape index (κ2) is 6.94. The molecule has 0 spiro atoms. The van der Waals surface area contributed by atoms with Crippen LogP contribution >= 0.6 is 11.8 Å². The Morgan fingerprint density at radius 3 is 2.60 bits per heavy atom. The van der Waals surface area contributed by atoms with E-state index in [4.69, 9.17) is 0 Å². The van der Waals surface area contributed by atoms with Crippen molar-refractivity contribution in [2.75, 3.05) is 23.1 Å². The van der Waals surface area contributed by atoms with Crippen molar-refractivity contribution in [3.8, 4) is 0 Å². The van der Waals surface area contributed by atoms with E-state index >= 15 is 0 Å². The molecule has 0 aliphatic carbocycles. The van der Waals surface area contributed by atoms with Gasteiger partial charge in [-0.3, -0.25) is 10.1 Å². The number of hydrogen-bond acceptors (Lipinski definition) is 6. The summed E-state index contributed by atoms with van der Waals surface area (Å²) in [5, 5.41) is 14.1. The average molecular weight is 318 g/mol. The second-order valence-electron chi connectivity index (χ2n) is 4.41. The lowest BCUT2D eigenvalue weighted by Gasteiger charge is -2.15. The third-order valence-corrected chi connectivity index (χ3v) is 4.82. The van der Waals surface area contributed by atoms with E-state index in [0.29, 0.717) is 5.69 Å². The molecule has 0 bridgehead atoms. The van der Waals surface area contributed by atoms with Crippen molar-refractivity contribution in [3.63, 3.8) is 0 Å². The highest BCUT2D eigenvalue weighted by Gasteiger charge is 2.19. The summed E-state index contributed by atoms with van der Waals surface area (Å²) in [7, 11) is -3.45. The van der Waals surface area contributed by atoms with E-state index in [0.717, 1.165) is 23.8 Å². The largest absolute Gasteiger partial charge is 0.376 e. The van der Waals surface area contributed by atoms with Crippen molar-refractivity contribution in [3.05, 3.63) is 28.3 Å². The van der Waals surface area contributed by atoms with Crippen LogP contribution in [-0.4, -0.2) is 37.1 Å². The number of hydrogen-bond donors (Lipinski definition) is 1. The molecule has 0 amide bonds. The van der Waals surface area contributed by atoms with Crippen LogP contribution in [0, 0.1) is 10.1 Å². The number of benzene rings is 1. The molecule has 0 aromatic heterocycles. The van der Waals surface area contributed by atoms with Crippen LogP contribution in [0.2, 0.25) is 0 Å². The molecule has 0 aliphatic rings. The van der Waals surface area contributed by atoms with Gasteiger partial charge in [-0.05, 0) is 24.8 Å². The van der Waals surface area contributed by atoms with Crippen molar-refractivity contribution in [1.29, 1.82) is 0 Å². The lowest BCUT2D eigenvalue weighted by molar-refractivity contribution is -0.384. The molecule has 0 aliphatic heterocycles. The summed E-state index contributed by atoms with van der Waals surface area (Å²) >= 11 is 1.73. The SMILES string of the molecule is CCSCC(C)Nc1ccc(S(C)(=O)=O)cc1[N+](=O)[O-]. The van der Waals surface area contributed by atoms with Crippen LogP contribution in [-0.2, 0) is 9.84 Å². The van der Waals surface area contributed by atoms with E-state index in [1.807, 2.05) is 13.8 Å². The van der Waals surface area contributed by atoms with Gasteiger partial charge in [-0.1, -0.05) is 6.92 Å². The van der Waals surface area contributed by atoms with Crippen LogP contribution in [0.5, 0.6) is 0 Å². The molecule has 1 rings (SSSR count). The van der Waals surface area contributed by atoms with Crippen LogP contribution in [0.25, 0.3) is 0 Å². The van der Waals surface area contributed by atoms with Gasteiger partial charge in [-0.25, -0.2) is 8.42 Å². The molecule has 0 saturated heterocycles. The van der Waals surface area contributed by atoms with Crippen molar-refractivity contribution in [2.24, 2.45) is 0 Å². The first kappa shape index (κ1) is 16.8. The Labute approximate surface area is 123 Å². The first-order valence-corrected chi connectivity index (χ1v) is 9.13. The van der Waals surface area contributed by atoms with Gasteiger partial charge in [0.15, 0.2) is 9.84 Å². The summed E-state index contributed by atoms with van der Waals surface area (Å²) in [5.41, 5.74) is 0.118. The highest BCUT2D eigenvalue weighted by molar-refractivity contribution is 7.99. The number of anilines is 1. The number of nitro groups is 1. The third kappa shape index (κ3) is 4.68. The molecule has 0 fully saturated rings. The van der Waals surface area contributed by atoms with Crippen LogP contribution in [0.3, 0.4) is 0 Å². The zero-order valence-electron chi connectivity index (χ0n) is 11.6. The van der Waals surface area contributed by atoms with Crippen molar-refractivity contribution in [1.82, 2.24) is 0 Å². The summed E-state index contributed by atoms with van der Waals surface area (Å²) in [6.07, 6.45) is 1.03. The maximum atomic E-state index is 11.4. The topological polar surface area (TPSA) is 89.3 Å². The zero-order chi connectivity index (χ0) is 15.3. The average Bonchev–Trinajstić information content (AvgIpc) is 2.35. The lowest BCUT2D eigenvalue weighted by Crippen LogP contribution is -2.19. The summed E-state index contributed by atoms with van der Waals surface area (Å²) in [4.78, 5) is 10.4. The molecule has 1 N–H and O–H groups in total. The zero-order valence-corrected chi connectivity index (χ0v) is 13.3. The molecule has 0 radical (unpaired) electrons. The molecule has 1 aromatic rings. The first-order valence-electron chi connectivity index (χ1n) is 6.08. The summed E-state index contributed by atoms with van der Waals surface area (Å²) < 4.78 is 22.9. The molecule has 1 aromatic carbocycles. The van der Waals surface area contributed by atoms with E-state index < -0.39 is 14.8 Å². The van der Waals surface area contributed by atoms with Gasteiger partial charge in [0.25, 0.3) is 5.69 Å². The van der Waals surface area contributed by atoms with Gasteiger partial charge in [0, 0.05) is 24.1 Å². The molecule has 1 unspecified atom stereocenters. The second-order valence-corrected chi connectivity index (χ2v) is 7.75. The van der Waals surface area contributed by atoms with Gasteiger partial charge in [0.1, 0.15) is 5.69 Å². The van der Waals surface area contributed by atoms with Crippen LogP contribution in [0.15, 0.2) is 23.1 Å². The Balaban J connectivity index is 3.05. The predicted octanol–water partition coefficient (Wildman–Crippen LogP) is 2.55. The van der Waals surface area contributed by atoms with Gasteiger partial charge in [0.2, 0.25) is 0 Å². The van der Waals surface area contributed by atoms with Crippen molar-refractivity contribution < 1.29 is 13.3 Å². The van der Waals surface area contributed by atoms with E-state index in [9.17, 15) is 18.5 Å². The third-order valence-electron chi connectivity index (χ3n) is 2.57. The number of nitrogens with one attached hydrogen (secondary N) is 1. The van der Waals surface area contributed by atoms with E-state index in [1.165, 1.54) is 12.1 Å². The number of nitrogens with zero attached hydrogens (tertiary/aromatic N) is 1. The Bertz CT molecular complexity index is 587. The molecule has 1 atom stereocenters. The van der Waals surface area contributed by atoms with Gasteiger partial charge < -0.3 is 5.32 Å². The minimum absolute atomic E-state index is 0.0506. The number of sulfone groups is 1. The van der Waals surface area contributed by atoms with Gasteiger partial charge in [-0.15, -0.1) is 0 Å². The smallest absolute Gasteiger partial charge is 0.293 e. The molecular formula is C12H18N2O4S2. The normalized spacial score (nSPS) is 12.9. The number of nitro benzene ring substituents is 1. The molecule has 6 nitrogen and oxygen atoms in total. The Morgan fingerprint density at radius 2 is 2.10 bits per heavy atom. The molecule has 112 valence electrons.